The van der Waals surface area contributed by atoms with Gasteiger partial charge < -0.3 is 31.2 Å². The maximum atomic E-state index is 13.6. The fourth-order valence-electron chi connectivity index (χ4n) is 3.30. The molecule has 0 fully saturated rings. The van der Waals surface area contributed by atoms with Gasteiger partial charge in [-0.05, 0) is 87.4 Å². The van der Waals surface area contributed by atoms with E-state index in [-0.39, 0.29) is 23.4 Å². The van der Waals surface area contributed by atoms with Crippen LogP contribution in [0.5, 0.6) is 0 Å². The number of amides is 2. The van der Waals surface area contributed by atoms with E-state index in [2.05, 4.69) is 40.2 Å². The first kappa shape index (κ1) is 36.4. The Balaban J connectivity index is 0.00000800. The Kier molecular flexibility index (Phi) is 13.2. The maximum Gasteiger partial charge on any atom is 0.420 e. The molecule has 0 bridgehead atoms. The molecule has 0 aromatic heterocycles. The van der Waals surface area contributed by atoms with E-state index in [4.69, 9.17) is 14.2 Å². The number of nitrogens with zero attached hydrogens (tertiary/aromatic N) is 1. The van der Waals surface area contributed by atoms with E-state index < -0.39 is 62.2 Å². The summed E-state index contributed by atoms with van der Waals surface area (Å²) in [4.78, 5) is 41.3. The van der Waals surface area contributed by atoms with E-state index in [9.17, 15) is 14.4 Å². The Bertz CT molecular complexity index is 1150. The Morgan fingerprint density at radius 2 is 1.27 bits per heavy atom. The van der Waals surface area contributed by atoms with Gasteiger partial charge in [0.05, 0.1) is 0 Å². The molecule has 1 unspecified atom stereocenters. The molecule has 2 rings (SSSR count). The smallest absolute Gasteiger partial charge is 0.420 e. The Hall–Kier alpha value is -1.66. The van der Waals surface area contributed by atoms with Crippen molar-refractivity contribution in [2.24, 2.45) is 0 Å². The van der Waals surface area contributed by atoms with Crippen molar-refractivity contribution in [3.63, 3.8) is 0 Å². The summed E-state index contributed by atoms with van der Waals surface area (Å²) >= 11 is 2.93. The largest absolute Gasteiger partial charge is 1.00 e. The summed E-state index contributed by atoms with van der Waals surface area (Å²) in [5.74, 6) is -0.721. The van der Waals surface area contributed by atoms with E-state index in [1.54, 1.807) is 62.3 Å². The zero-order chi connectivity index (χ0) is 29.8. The monoisotopic (exact) mass is 795 g/mol. The number of imide groups is 1. The average Bonchev–Trinajstić information content (AvgIpc) is 2.72. The molecular weight excluding hydrogens is 757 g/mol. The fourth-order valence-corrected chi connectivity index (χ4v) is 6.72. The van der Waals surface area contributed by atoms with Gasteiger partial charge >= 0.3 is 39.4 Å². The van der Waals surface area contributed by atoms with E-state index >= 15 is 0 Å². The molecule has 0 heterocycles. The number of esters is 1. The standard InChI is InChI=1S/C30H40BrINO6.BrH/c1-19-11-15-22(16-12-19)32-23-18-21(31)14-13-20(23)17-24(25(34)37-28(2,3)4)33(26(35)38-29(5,6)7)27(36)39-30(8,9)10;/h11-16,18,24H,17H2,1-10H3;1H/q+1;/p-1. The summed E-state index contributed by atoms with van der Waals surface area (Å²) < 4.78 is 20.0. The number of carbonyl (C=O) groups excluding carboxylic acids is 3. The summed E-state index contributed by atoms with van der Waals surface area (Å²) in [7, 11) is 0. The van der Waals surface area contributed by atoms with Crippen molar-refractivity contribution < 1.29 is 66.8 Å². The second kappa shape index (κ2) is 14.5. The third-order valence-electron chi connectivity index (χ3n) is 4.82. The van der Waals surface area contributed by atoms with Crippen molar-refractivity contribution in [2.45, 2.75) is 98.5 Å². The van der Waals surface area contributed by atoms with Gasteiger partial charge in [0.1, 0.15) is 22.8 Å². The highest BCUT2D eigenvalue weighted by atomic mass is 127. The SMILES string of the molecule is Cc1ccc([I+]c2cc(Br)ccc2CC(C(=O)OC(C)(C)C)N(C(=O)OC(C)(C)C)C(=O)OC(C)(C)C)cc1.[Br-]. The lowest BCUT2D eigenvalue weighted by Gasteiger charge is -2.33. The maximum absolute atomic E-state index is 13.6. The molecule has 0 aliphatic carbocycles. The van der Waals surface area contributed by atoms with Crippen LogP contribution in [0.4, 0.5) is 9.59 Å². The molecule has 0 radical (unpaired) electrons. The molecule has 2 aromatic carbocycles. The van der Waals surface area contributed by atoms with Crippen LogP contribution >= 0.6 is 15.9 Å². The highest BCUT2D eigenvalue weighted by Gasteiger charge is 2.43. The number of halogens is 3. The summed E-state index contributed by atoms with van der Waals surface area (Å²) in [5.41, 5.74) is -0.655. The average molecular weight is 797 g/mol. The molecular formula is C30H40Br2INO6. The Morgan fingerprint density at radius 1 is 0.800 bits per heavy atom. The van der Waals surface area contributed by atoms with Crippen LogP contribution in [0.3, 0.4) is 0 Å². The van der Waals surface area contributed by atoms with E-state index in [0.29, 0.717) is 0 Å². The molecule has 1 atom stereocenters. The molecule has 0 aliphatic rings. The van der Waals surface area contributed by atoms with Gasteiger partial charge in [0, 0.05) is 22.5 Å². The lowest BCUT2D eigenvalue weighted by atomic mass is 10.0. The van der Waals surface area contributed by atoms with Crippen LogP contribution in [-0.4, -0.2) is 45.9 Å². The highest BCUT2D eigenvalue weighted by Crippen LogP contribution is 2.23. The first-order valence-electron chi connectivity index (χ1n) is 12.7. The van der Waals surface area contributed by atoms with Crippen LogP contribution in [-0.2, 0) is 25.4 Å². The van der Waals surface area contributed by atoms with Crippen LogP contribution in [0.25, 0.3) is 0 Å². The van der Waals surface area contributed by atoms with Crippen LogP contribution < -0.4 is 38.2 Å². The Morgan fingerprint density at radius 3 is 1.73 bits per heavy atom. The predicted octanol–water partition coefficient (Wildman–Crippen LogP) is 1.31. The van der Waals surface area contributed by atoms with Crippen molar-refractivity contribution in [2.75, 3.05) is 0 Å². The normalized spacial score (nSPS) is 12.6. The van der Waals surface area contributed by atoms with Crippen molar-refractivity contribution in [3.8, 4) is 0 Å². The van der Waals surface area contributed by atoms with Gasteiger partial charge in [-0.3, -0.25) is 0 Å². The summed E-state index contributed by atoms with van der Waals surface area (Å²) in [6.45, 7) is 17.4. The number of hydrogen-bond donors (Lipinski definition) is 0. The van der Waals surface area contributed by atoms with Gasteiger partial charge in [-0.25, -0.2) is 14.4 Å². The topological polar surface area (TPSA) is 82.1 Å². The molecule has 40 heavy (non-hydrogen) atoms. The van der Waals surface area contributed by atoms with Gasteiger partial charge in [-0.1, -0.05) is 39.7 Å². The molecule has 2 aromatic rings. The Labute approximate surface area is 267 Å². The fraction of sp³-hybridized carbons (Fsp3) is 0.500. The number of benzene rings is 2. The molecule has 0 N–H and O–H groups in total. The van der Waals surface area contributed by atoms with Gasteiger partial charge in [-0.2, -0.15) is 4.90 Å². The number of aryl methyl sites for hydroxylation is 1. The van der Waals surface area contributed by atoms with Crippen molar-refractivity contribution in [1.29, 1.82) is 0 Å². The third-order valence-corrected chi connectivity index (χ3v) is 8.24. The van der Waals surface area contributed by atoms with Gasteiger partial charge in [0.2, 0.25) is 0 Å². The molecule has 0 aliphatic heterocycles. The lowest BCUT2D eigenvalue weighted by molar-refractivity contribution is -0.598. The first-order valence-corrected chi connectivity index (χ1v) is 15.7. The number of rotatable bonds is 6. The minimum Gasteiger partial charge on any atom is -1.00 e. The second-order valence-corrected chi connectivity index (χ2v) is 16.1. The first-order chi connectivity index (χ1) is 17.7. The van der Waals surface area contributed by atoms with E-state index in [1.165, 1.54) is 9.13 Å². The number of hydrogen-bond acceptors (Lipinski definition) is 6. The van der Waals surface area contributed by atoms with Crippen LogP contribution in [0.15, 0.2) is 46.9 Å². The summed E-state index contributed by atoms with van der Waals surface area (Å²) in [5, 5.41) is 0. The summed E-state index contributed by atoms with van der Waals surface area (Å²) in [6, 6.07) is 12.9. The number of ether oxygens (including phenoxy) is 3. The van der Waals surface area contributed by atoms with Gasteiger partial charge in [-0.15, -0.1) is 0 Å². The van der Waals surface area contributed by atoms with E-state index in [0.717, 1.165) is 18.5 Å². The quantitative estimate of drug-likeness (QED) is 0.250. The molecule has 222 valence electrons. The molecule has 0 saturated carbocycles. The van der Waals surface area contributed by atoms with Crippen LogP contribution in [0, 0.1) is 14.1 Å². The zero-order valence-corrected chi connectivity index (χ0v) is 30.2. The minimum atomic E-state index is -1.31. The molecule has 0 saturated heterocycles. The zero-order valence-electron chi connectivity index (χ0n) is 24.9. The molecule has 7 nitrogen and oxygen atoms in total. The third kappa shape index (κ3) is 12.5. The van der Waals surface area contributed by atoms with Crippen molar-refractivity contribution >= 4 is 34.1 Å². The van der Waals surface area contributed by atoms with Crippen LogP contribution in [0.2, 0.25) is 0 Å². The molecule has 2 amide bonds. The summed E-state index contributed by atoms with van der Waals surface area (Å²) in [6.07, 6.45) is -1.90. The van der Waals surface area contributed by atoms with Gasteiger partial charge in [0.25, 0.3) is 0 Å². The number of carbonyl (C=O) groups is 3. The van der Waals surface area contributed by atoms with E-state index in [1.807, 2.05) is 25.1 Å². The van der Waals surface area contributed by atoms with Gasteiger partial charge in [0.15, 0.2) is 7.14 Å². The van der Waals surface area contributed by atoms with Crippen LogP contribution in [0.1, 0.15) is 73.4 Å². The van der Waals surface area contributed by atoms with Crippen molar-refractivity contribution in [1.82, 2.24) is 4.90 Å². The minimum absolute atomic E-state index is 0. The molecule has 0 spiro atoms. The second-order valence-electron chi connectivity index (χ2n) is 12.2. The molecule has 10 heteroatoms. The predicted molar refractivity (Wildman–Crippen MR) is 150 cm³/mol. The van der Waals surface area contributed by atoms with Crippen molar-refractivity contribution in [3.05, 3.63) is 65.2 Å². The highest BCUT2D eigenvalue weighted by molar-refractivity contribution is 9.10. The lowest BCUT2D eigenvalue weighted by Crippen LogP contribution is -3.61.